The van der Waals surface area contributed by atoms with E-state index in [1.54, 1.807) is 6.08 Å². The normalized spacial score (nSPS) is 47.1. The fourth-order valence-corrected chi connectivity index (χ4v) is 7.56. The van der Waals surface area contributed by atoms with E-state index < -0.39 is 23.0 Å². The van der Waals surface area contributed by atoms with Crippen molar-refractivity contribution in [2.75, 3.05) is 7.11 Å². The van der Waals surface area contributed by atoms with E-state index in [1.807, 2.05) is 13.0 Å². The molecule has 5 rings (SSSR count). The Kier molecular flexibility index (Phi) is 4.18. The molecule has 1 spiro atoms. The summed E-state index contributed by atoms with van der Waals surface area (Å²) in [4.78, 5) is 37.1. The van der Waals surface area contributed by atoms with Crippen LogP contribution < -0.4 is 0 Å². The van der Waals surface area contributed by atoms with Gasteiger partial charge in [-0.15, -0.1) is 0 Å². The summed E-state index contributed by atoms with van der Waals surface area (Å²) < 4.78 is 11.1. The second-order valence-electron chi connectivity index (χ2n) is 10.3. The molecule has 6 heteroatoms. The first kappa shape index (κ1) is 20.0. The van der Waals surface area contributed by atoms with E-state index in [0.717, 1.165) is 17.6 Å². The summed E-state index contributed by atoms with van der Waals surface area (Å²) in [6.07, 6.45) is 7.06. The van der Waals surface area contributed by atoms with Crippen molar-refractivity contribution in [2.45, 2.75) is 70.5 Å². The van der Waals surface area contributed by atoms with Gasteiger partial charge in [-0.2, -0.15) is 0 Å². The Morgan fingerprint density at radius 3 is 2.63 bits per heavy atom. The summed E-state index contributed by atoms with van der Waals surface area (Å²) in [5.41, 5.74) is 0.415. The van der Waals surface area contributed by atoms with Crippen LogP contribution in [-0.2, 0) is 23.9 Å². The molecule has 2 saturated carbocycles. The lowest BCUT2D eigenvalue weighted by Gasteiger charge is -2.57. The molecule has 0 amide bonds. The van der Waals surface area contributed by atoms with Gasteiger partial charge in [-0.25, -0.2) is 0 Å². The third-order valence-electron chi connectivity index (χ3n) is 9.33. The van der Waals surface area contributed by atoms with E-state index in [4.69, 9.17) is 9.47 Å². The molecule has 0 aromatic carbocycles. The predicted octanol–water partition coefficient (Wildman–Crippen LogP) is 2.88. The van der Waals surface area contributed by atoms with Crippen molar-refractivity contribution < 1.29 is 29.0 Å². The van der Waals surface area contributed by atoms with Crippen molar-refractivity contribution >= 4 is 17.7 Å². The van der Waals surface area contributed by atoms with Crippen LogP contribution in [0.3, 0.4) is 0 Å². The number of allylic oxidation sites excluding steroid dienone is 3. The molecule has 1 aliphatic heterocycles. The maximum absolute atomic E-state index is 12.9. The van der Waals surface area contributed by atoms with Gasteiger partial charge < -0.3 is 14.6 Å². The van der Waals surface area contributed by atoms with Gasteiger partial charge in [0, 0.05) is 23.7 Å². The Hall–Kier alpha value is -1.95. The van der Waals surface area contributed by atoms with Crippen LogP contribution in [-0.4, -0.2) is 41.6 Å². The van der Waals surface area contributed by atoms with Gasteiger partial charge in [0.05, 0.1) is 19.1 Å². The zero-order valence-electron chi connectivity index (χ0n) is 17.9. The molecule has 1 saturated heterocycles. The minimum atomic E-state index is -0.769. The van der Waals surface area contributed by atoms with Crippen LogP contribution in [0.5, 0.6) is 0 Å². The lowest BCUT2D eigenvalue weighted by molar-refractivity contribution is -0.175. The summed E-state index contributed by atoms with van der Waals surface area (Å²) >= 11 is 0. The van der Waals surface area contributed by atoms with E-state index in [-0.39, 0.29) is 35.0 Å². The Morgan fingerprint density at radius 1 is 1.20 bits per heavy atom. The maximum Gasteiger partial charge on any atom is 0.309 e. The first-order valence-corrected chi connectivity index (χ1v) is 11.1. The molecule has 5 aliphatic rings. The molecular formula is C24H30O6. The largest absolute Gasteiger partial charge is 0.469 e. The van der Waals surface area contributed by atoms with Gasteiger partial charge in [-0.05, 0) is 50.0 Å². The van der Waals surface area contributed by atoms with Crippen LogP contribution in [0, 0.1) is 28.6 Å². The Morgan fingerprint density at radius 2 is 1.97 bits per heavy atom. The van der Waals surface area contributed by atoms with Gasteiger partial charge in [0.15, 0.2) is 5.78 Å². The third-order valence-corrected chi connectivity index (χ3v) is 9.33. The smallest absolute Gasteiger partial charge is 0.309 e. The van der Waals surface area contributed by atoms with Crippen LogP contribution in [0.2, 0.25) is 0 Å². The molecule has 0 radical (unpaired) electrons. The van der Waals surface area contributed by atoms with Gasteiger partial charge in [0.25, 0.3) is 0 Å². The Labute approximate surface area is 176 Å². The van der Waals surface area contributed by atoms with Crippen molar-refractivity contribution in [2.24, 2.45) is 28.6 Å². The summed E-state index contributed by atoms with van der Waals surface area (Å²) in [6, 6.07) is 0. The van der Waals surface area contributed by atoms with E-state index >= 15 is 0 Å². The second kappa shape index (κ2) is 6.28. The molecule has 0 aromatic heterocycles. The van der Waals surface area contributed by atoms with E-state index in [1.165, 1.54) is 7.11 Å². The van der Waals surface area contributed by atoms with Crippen LogP contribution in [0.25, 0.3) is 0 Å². The number of rotatable bonds is 1. The van der Waals surface area contributed by atoms with Crippen molar-refractivity contribution in [1.82, 2.24) is 0 Å². The number of carbonyl (C=O) groups excluding carboxylic acids is 3. The molecule has 6 nitrogen and oxygen atoms in total. The van der Waals surface area contributed by atoms with Gasteiger partial charge >= 0.3 is 11.9 Å². The third kappa shape index (κ3) is 2.31. The molecule has 162 valence electrons. The summed E-state index contributed by atoms with van der Waals surface area (Å²) in [7, 11) is 1.41. The number of ketones is 1. The zero-order chi connectivity index (χ0) is 21.5. The first-order chi connectivity index (χ1) is 14.2. The van der Waals surface area contributed by atoms with Crippen molar-refractivity contribution in [1.29, 1.82) is 0 Å². The standard InChI is InChI=1S/C24H30O6/c1-22-7-4-14(25)10-13(22)11-15(21(28)29-3)20-16-5-8-24(9-6-19(27)30-24)23(16,2)18(26)12-17(20)22/h10,12,15-16,18,20,26H,4-9,11H2,1-3H3/t15-,16?,18+,20?,22+,23-,24-/m1/s1. The highest BCUT2D eigenvalue weighted by Crippen LogP contribution is 2.69. The number of ether oxygens (including phenoxy) is 2. The van der Waals surface area contributed by atoms with Gasteiger partial charge in [0.2, 0.25) is 0 Å². The second-order valence-corrected chi connectivity index (χ2v) is 10.3. The van der Waals surface area contributed by atoms with Crippen LogP contribution >= 0.6 is 0 Å². The molecular weight excluding hydrogens is 384 g/mol. The number of carbonyl (C=O) groups is 3. The molecule has 30 heavy (non-hydrogen) atoms. The van der Waals surface area contributed by atoms with Crippen LogP contribution in [0.15, 0.2) is 23.3 Å². The van der Waals surface area contributed by atoms with Gasteiger partial charge in [0.1, 0.15) is 5.60 Å². The summed E-state index contributed by atoms with van der Waals surface area (Å²) in [5, 5.41) is 11.5. The van der Waals surface area contributed by atoms with Gasteiger partial charge in [-0.3, -0.25) is 14.4 Å². The summed E-state index contributed by atoms with van der Waals surface area (Å²) in [6.45, 7) is 4.18. The number of esters is 2. The monoisotopic (exact) mass is 414 g/mol. The number of aliphatic hydroxyl groups excluding tert-OH is 1. The van der Waals surface area contributed by atoms with Crippen LogP contribution in [0.1, 0.15) is 58.8 Å². The Balaban J connectivity index is 1.67. The molecule has 7 atom stereocenters. The highest BCUT2D eigenvalue weighted by Gasteiger charge is 2.70. The lowest BCUT2D eigenvalue weighted by atomic mass is 9.47. The van der Waals surface area contributed by atoms with E-state index in [2.05, 4.69) is 6.92 Å². The van der Waals surface area contributed by atoms with E-state index in [9.17, 15) is 19.5 Å². The molecule has 1 heterocycles. The highest BCUT2D eigenvalue weighted by atomic mass is 16.6. The van der Waals surface area contributed by atoms with E-state index in [0.29, 0.717) is 38.5 Å². The maximum atomic E-state index is 12.9. The fourth-order valence-electron chi connectivity index (χ4n) is 7.56. The Bertz CT molecular complexity index is 901. The van der Waals surface area contributed by atoms with Crippen molar-refractivity contribution in [3.8, 4) is 0 Å². The molecule has 1 N–H and O–H groups in total. The predicted molar refractivity (Wildman–Crippen MR) is 107 cm³/mol. The average Bonchev–Trinajstić information content (AvgIpc) is 3.24. The number of methoxy groups -OCH3 is 1. The average molecular weight is 414 g/mol. The number of hydrogen-bond donors (Lipinski definition) is 1. The quantitative estimate of drug-likeness (QED) is 0.524. The van der Waals surface area contributed by atoms with Crippen LogP contribution in [0.4, 0.5) is 0 Å². The molecule has 2 unspecified atom stereocenters. The number of fused-ring (bicyclic) bond motifs is 6. The molecule has 4 aliphatic carbocycles. The fraction of sp³-hybridized carbons (Fsp3) is 0.708. The summed E-state index contributed by atoms with van der Waals surface area (Å²) in [5.74, 6) is -0.831. The topological polar surface area (TPSA) is 89.9 Å². The zero-order valence-corrected chi connectivity index (χ0v) is 17.9. The van der Waals surface area contributed by atoms with Crippen molar-refractivity contribution in [3.05, 3.63) is 23.3 Å². The van der Waals surface area contributed by atoms with Crippen molar-refractivity contribution in [3.63, 3.8) is 0 Å². The number of hydrogen-bond acceptors (Lipinski definition) is 6. The highest BCUT2D eigenvalue weighted by molar-refractivity contribution is 5.92. The molecule has 0 bridgehead atoms. The van der Waals surface area contributed by atoms with Gasteiger partial charge in [-0.1, -0.05) is 31.1 Å². The SMILES string of the molecule is COC(=O)[C@@H]1CC2=CC(=O)CC[C@]2(C)C2=C[C@H](O)[C@@]3(C)C(CC[C@@]34CCC(=O)O4)C21. The molecule has 3 fully saturated rings. The lowest BCUT2D eigenvalue weighted by Crippen LogP contribution is -2.59. The first-order valence-electron chi connectivity index (χ1n) is 11.1. The minimum Gasteiger partial charge on any atom is -0.469 e. The molecule has 0 aromatic rings. The number of aliphatic hydroxyl groups is 1. The minimum absolute atomic E-state index is 0.0125.